The van der Waals surface area contributed by atoms with E-state index >= 15 is 0 Å². The lowest BCUT2D eigenvalue weighted by Gasteiger charge is -1.85. The highest BCUT2D eigenvalue weighted by Crippen LogP contribution is 2.14. The second kappa shape index (κ2) is 4.37. The summed E-state index contributed by atoms with van der Waals surface area (Å²) in [5.74, 6) is 0. The molecule has 58 valence electrons. The lowest BCUT2D eigenvalue weighted by atomic mass is 10.4. The van der Waals surface area contributed by atoms with Gasteiger partial charge in [0.15, 0.2) is 0 Å². The minimum absolute atomic E-state index is 0.811. The molecule has 1 rings (SSSR count). The zero-order valence-electron chi connectivity index (χ0n) is 6.25. The summed E-state index contributed by atoms with van der Waals surface area (Å²) in [5, 5.41) is 2.83. The van der Waals surface area contributed by atoms with Gasteiger partial charge >= 0.3 is 0 Å². The molecule has 0 amide bonds. The maximum atomic E-state index is 5.92. The van der Waals surface area contributed by atoms with Crippen molar-refractivity contribution in [2.75, 3.05) is 0 Å². The molecule has 0 aliphatic rings. The topological polar surface area (TPSA) is 0 Å². The van der Waals surface area contributed by atoms with Gasteiger partial charge in [-0.25, -0.2) is 0 Å². The Balaban J connectivity index is 3.28. The summed E-state index contributed by atoms with van der Waals surface area (Å²) < 4.78 is 0. The summed E-state index contributed by atoms with van der Waals surface area (Å²) in [5.41, 5.74) is 0. The second-order valence-electron chi connectivity index (χ2n) is 2.09. The van der Waals surface area contributed by atoms with Crippen LogP contribution in [-0.4, -0.2) is 0 Å². The van der Waals surface area contributed by atoms with Crippen LogP contribution in [0.5, 0.6) is 0 Å². The summed E-state index contributed by atoms with van der Waals surface area (Å²) in [6, 6.07) is 9.76. The SMILES string of the molecule is Cc1sccccccc1Cl. The number of halogens is 1. The van der Waals surface area contributed by atoms with Crippen molar-refractivity contribution in [3.05, 3.63) is 45.6 Å². The van der Waals surface area contributed by atoms with Crippen LogP contribution in [-0.2, 0) is 0 Å². The molecular formula is C9H9ClS. The molecule has 0 radical (unpaired) electrons. The van der Waals surface area contributed by atoms with Crippen LogP contribution in [0.1, 0.15) is 4.88 Å². The fraction of sp³-hybridized carbons (Fsp3) is 0.111. The van der Waals surface area contributed by atoms with Crippen molar-refractivity contribution < 1.29 is 0 Å². The lowest BCUT2D eigenvalue weighted by molar-refractivity contribution is 1.62. The second-order valence-corrected chi connectivity index (χ2v) is 3.62. The van der Waals surface area contributed by atoms with Crippen LogP contribution in [0.3, 0.4) is 0 Å². The van der Waals surface area contributed by atoms with Gasteiger partial charge in [0.1, 0.15) is 0 Å². The Hall–Kier alpha value is -0.530. The van der Waals surface area contributed by atoms with Gasteiger partial charge in [-0.15, -0.1) is 11.3 Å². The molecule has 0 bridgehead atoms. The number of hydrogen-bond acceptors (Lipinski definition) is 1. The average Bonchev–Trinajstić information content (AvgIpc) is 2.07. The maximum absolute atomic E-state index is 5.92. The zero-order valence-corrected chi connectivity index (χ0v) is 7.82. The van der Waals surface area contributed by atoms with E-state index in [1.807, 2.05) is 42.6 Å². The molecular weight excluding hydrogens is 176 g/mol. The fourth-order valence-electron chi connectivity index (χ4n) is 0.629. The highest BCUT2D eigenvalue weighted by Gasteiger charge is 1.85. The minimum Gasteiger partial charge on any atom is -0.148 e. The van der Waals surface area contributed by atoms with Crippen molar-refractivity contribution in [2.24, 2.45) is 0 Å². The van der Waals surface area contributed by atoms with Gasteiger partial charge in [-0.2, -0.15) is 0 Å². The van der Waals surface area contributed by atoms with Crippen LogP contribution in [0.4, 0.5) is 0 Å². The molecule has 0 saturated carbocycles. The van der Waals surface area contributed by atoms with E-state index < -0.39 is 0 Å². The van der Waals surface area contributed by atoms with Crippen LogP contribution < -0.4 is 0 Å². The van der Waals surface area contributed by atoms with Crippen LogP contribution in [0.15, 0.2) is 35.7 Å². The fourth-order valence-corrected chi connectivity index (χ4v) is 1.39. The number of hydrogen-bond donors (Lipinski definition) is 0. The third-order valence-electron chi connectivity index (χ3n) is 1.24. The lowest BCUT2D eigenvalue weighted by Crippen LogP contribution is -1.60. The first-order valence-electron chi connectivity index (χ1n) is 3.33. The van der Waals surface area contributed by atoms with Gasteiger partial charge in [0.2, 0.25) is 0 Å². The monoisotopic (exact) mass is 184 g/mol. The van der Waals surface area contributed by atoms with Crippen molar-refractivity contribution in [1.82, 2.24) is 0 Å². The van der Waals surface area contributed by atoms with Gasteiger partial charge in [0, 0.05) is 4.88 Å². The van der Waals surface area contributed by atoms with Gasteiger partial charge in [0.25, 0.3) is 0 Å². The van der Waals surface area contributed by atoms with Crippen molar-refractivity contribution in [3.8, 4) is 0 Å². The van der Waals surface area contributed by atoms with Crippen molar-refractivity contribution >= 4 is 22.9 Å². The maximum Gasteiger partial charge on any atom is 0.0534 e. The summed E-state index contributed by atoms with van der Waals surface area (Å²) in [6.07, 6.45) is 0. The van der Waals surface area contributed by atoms with E-state index in [0.29, 0.717) is 0 Å². The van der Waals surface area contributed by atoms with Crippen LogP contribution in [0.2, 0.25) is 5.02 Å². The number of aryl methyl sites for hydroxylation is 1. The molecule has 0 unspecified atom stereocenters. The molecule has 0 aliphatic carbocycles. The molecule has 11 heavy (non-hydrogen) atoms. The molecule has 1 aromatic heterocycles. The van der Waals surface area contributed by atoms with E-state index in [0.717, 1.165) is 9.90 Å². The smallest absolute Gasteiger partial charge is 0.0534 e. The summed E-state index contributed by atoms with van der Waals surface area (Å²) >= 11 is 7.56. The Labute approximate surface area is 75.8 Å². The molecule has 0 aromatic carbocycles. The van der Waals surface area contributed by atoms with Crippen LogP contribution >= 0.6 is 22.9 Å². The van der Waals surface area contributed by atoms with Gasteiger partial charge in [0.05, 0.1) is 5.02 Å². The van der Waals surface area contributed by atoms with Gasteiger partial charge in [-0.05, 0) is 18.4 Å². The molecule has 0 aliphatic heterocycles. The molecule has 0 fully saturated rings. The first-order valence-corrected chi connectivity index (χ1v) is 4.59. The number of rotatable bonds is 0. The van der Waals surface area contributed by atoms with Crippen molar-refractivity contribution in [2.45, 2.75) is 6.92 Å². The van der Waals surface area contributed by atoms with Gasteiger partial charge in [-0.3, -0.25) is 0 Å². The Bertz CT molecular complexity index is 250. The van der Waals surface area contributed by atoms with Crippen molar-refractivity contribution in [3.63, 3.8) is 0 Å². The first kappa shape index (κ1) is 8.57. The predicted octanol–water partition coefficient (Wildman–Crippen LogP) is 3.83. The van der Waals surface area contributed by atoms with E-state index in [4.69, 9.17) is 11.6 Å². The Morgan fingerprint density at radius 2 is 1.91 bits per heavy atom. The summed E-state index contributed by atoms with van der Waals surface area (Å²) in [7, 11) is 0. The van der Waals surface area contributed by atoms with Gasteiger partial charge < -0.3 is 0 Å². The minimum atomic E-state index is 0.811. The Morgan fingerprint density at radius 3 is 2.73 bits per heavy atom. The van der Waals surface area contributed by atoms with E-state index in [2.05, 4.69) is 0 Å². The van der Waals surface area contributed by atoms with E-state index in [1.54, 1.807) is 11.3 Å². The van der Waals surface area contributed by atoms with Gasteiger partial charge in [-0.1, -0.05) is 35.9 Å². The molecule has 1 aromatic rings. The standard InChI is InChI=1S/C9H9ClS/c1-8-9(10)6-4-2-3-5-7-11-8/h2-7H,1H3. The summed E-state index contributed by atoms with van der Waals surface area (Å²) in [6.45, 7) is 2.01. The molecule has 0 spiro atoms. The zero-order chi connectivity index (χ0) is 8.10. The highest BCUT2D eigenvalue weighted by atomic mass is 35.5. The molecule has 2 heteroatoms. The highest BCUT2D eigenvalue weighted by molar-refractivity contribution is 7.09. The molecule has 0 saturated heterocycles. The quantitative estimate of drug-likeness (QED) is 0.575. The molecule has 0 nitrogen and oxygen atoms in total. The third-order valence-corrected chi connectivity index (χ3v) is 2.62. The normalized spacial score (nSPS) is 8.91. The predicted molar refractivity (Wildman–Crippen MR) is 51.7 cm³/mol. The van der Waals surface area contributed by atoms with E-state index in [1.165, 1.54) is 0 Å². The van der Waals surface area contributed by atoms with Crippen LogP contribution in [0, 0.1) is 6.92 Å². The van der Waals surface area contributed by atoms with Crippen LogP contribution in [0.25, 0.3) is 0 Å². The Kier molecular flexibility index (Phi) is 3.40. The first-order chi connectivity index (χ1) is 5.30. The van der Waals surface area contributed by atoms with E-state index in [9.17, 15) is 0 Å². The summed E-state index contributed by atoms with van der Waals surface area (Å²) in [4.78, 5) is 1.13. The third kappa shape index (κ3) is 2.91. The van der Waals surface area contributed by atoms with E-state index in [-0.39, 0.29) is 0 Å². The Morgan fingerprint density at radius 1 is 1.18 bits per heavy atom. The van der Waals surface area contributed by atoms with Crippen molar-refractivity contribution in [1.29, 1.82) is 0 Å². The molecule has 1 heterocycles. The largest absolute Gasteiger partial charge is 0.148 e. The average molecular weight is 185 g/mol. The molecule has 0 N–H and O–H groups in total. The molecule has 0 atom stereocenters.